The molecule has 2 heteroatoms. The van der Waals surface area contributed by atoms with Gasteiger partial charge < -0.3 is 9.88 Å². The molecule has 0 saturated carbocycles. The summed E-state index contributed by atoms with van der Waals surface area (Å²) < 4.78 is 2.51. The molecule has 7 rings (SSSR count). The summed E-state index contributed by atoms with van der Waals surface area (Å²) in [6.45, 7) is 0. The van der Waals surface area contributed by atoms with Gasteiger partial charge in [0.05, 0.1) is 11.2 Å². The minimum absolute atomic E-state index is 0.434. The van der Waals surface area contributed by atoms with Crippen LogP contribution in [0.1, 0.15) is 6.42 Å². The highest BCUT2D eigenvalue weighted by molar-refractivity contribution is 6.12. The van der Waals surface area contributed by atoms with Crippen molar-refractivity contribution in [3.05, 3.63) is 115 Å². The average Bonchev–Trinajstić information content (AvgIpc) is 3.11. The number of benzene rings is 3. The Bertz CT molecular complexity index is 1520. The minimum Gasteiger partial charge on any atom is -0.354 e. The molecule has 1 N–H and O–H groups in total. The van der Waals surface area contributed by atoms with Gasteiger partial charge in [-0.3, -0.25) is 0 Å². The van der Waals surface area contributed by atoms with E-state index in [1.54, 1.807) is 0 Å². The van der Waals surface area contributed by atoms with Crippen molar-refractivity contribution < 1.29 is 0 Å². The van der Waals surface area contributed by atoms with E-state index in [-0.39, 0.29) is 0 Å². The van der Waals surface area contributed by atoms with Crippen molar-refractivity contribution in [1.29, 1.82) is 0 Å². The molecule has 0 fully saturated rings. The van der Waals surface area contributed by atoms with E-state index >= 15 is 0 Å². The Balaban J connectivity index is 1.61. The molecule has 1 aliphatic heterocycles. The van der Waals surface area contributed by atoms with Crippen LogP contribution in [0.25, 0.3) is 39.0 Å². The maximum atomic E-state index is 3.71. The third-order valence-electron chi connectivity index (χ3n) is 6.88. The van der Waals surface area contributed by atoms with Crippen LogP contribution in [-0.2, 0) is 0 Å². The van der Waals surface area contributed by atoms with Crippen LogP contribution >= 0.6 is 0 Å². The normalized spacial score (nSPS) is 17.9. The zero-order valence-electron chi connectivity index (χ0n) is 17.6. The number of nitrogens with zero attached hydrogens (tertiary/aromatic N) is 1. The Kier molecular flexibility index (Phi) is 3.71. The summed E-state index contributed by atoms with van der Waals surface area (Å²) in [5.74, 6) is 0.434. The van der Waals surface area contributed by atoms with E-state index in [0.717, 1.165) is 17.8 Å². The van der Waals surface area contributed by atoms with Gasteiger partial charge >= 0.3 is 0 Å². The molecular weight excluding hydrogens is 388 g/mol. The predicted molar refractivity (Wildman–Crippen MR) is 135 cm³/mol. The Morgan fingerprint density at radius 2 is 1.50 bits per heavy atom. The van der Waals surface area contributed by atoms with Gasteiger partial charge in [-0.2, -0.15) is 0 Å². The van der Waals surface area contributed by atoms with E-state index in [9.17, 15) is 0 Å². The summed E-state index contributed by atoms with van der Waals surface area (Å²) in [5.41, 5.74) is 11.4. The first-order chi connectivity index (χ1) is 15.9. The van der Waals surface area contributed by atoms with Crippen molar-refractivity contribution in [2.75, 3.05) is 5.32 Å². The number of nitrogens with one attached hydrogen (secondary N) is 1. The van der Waals surface area contributed by atoms with Gasteiger partial charge in [0.15, 0.2) is 0 Å². The van der Waals surface area contributed by atoms with Gasteiger partial charge in [-0.05, 0) is 36.3 Å². The number of fused-ring (bicyclic) bond motifs is 8. The van der Waals surface area contributed by atoms with E-state index in [2.05, 4.69) is 119 Å². The lowest BCUT2D eigenvalue weighted by Crippen LogP contribution is -2.11. The molecule has 32 heavy (non-hydrogen) atoms. The second-order valence-electron chi connectivity index (χ2n) is 8.67. The molecular formula is C30H22N2. The molecule has 0 amide bonds. The molecule has 2 nitrogen and oxygen atoms in total. The fourth-order valence-corrected chi connectivity index (χ4v) is 5.44. The Morgan fingerprint density at radius 1 is 0.750 bits per heavy atom. The maximum absolute atomic E-state index is 3.71. The first kappa shape index (κ1) is 17.6. The number of hydrogen-bond acceptors (Lipinski definition) is 1. The lowest BCUT2D eigenvalue weighted by Gasteiger charge is -2.25. The molecule has 2 heterocycles. The largest absolute Gasteiger partial charge is 0.354 e. The Morgan fingerprint density at radius 3 is 2.41 bits per heavy atom. The van der Waals surface area contributed by atoms with Crippen LogP contribution in [0.2, 0.25) is 0 Å². The van der Waals surface area contributed by atoms with Crippen LogP contribution in [0.5, 0.6) is 0 Å². The molecule has 3 aliphatic rings. The maximum Gasteiger partial charge on any atom is 0.0637 e. The third kappa shape index (κ3) is 2.47. The SMILES string of the molecule is C1=CC2=CC=C(n3c4c(c5ccccc53)-c3ccccc3Nc3ccccc3-4)CC2C=C1. The Labute approximate surface area is 187 Å². The second kappa shape index (κ2) is 6.73. The topological polar surface area (TPSA) is 17.0 Å². The van der Waals surface area contributed by atoms with E-state index in [1.165, 1.54) is 44.6 Å². The molecule has 152 valence electrons. The van der Waals surface area contributed by atoms with Crippen LogP contribution in [0.15, 0.2) is 115 Å². The monoisotopic (exact) mass is 410 g/mol. The third-order valence-corrected chi connectivity index (χ3v) is 6.88. The van der Waals surface area contributed by atoms with Gasteiger partial charge in [0, 0.05) is 45.1 Å². The minimum atomic E-state index is 0.434. The lowest BCUT2D eigenvalue weighted by atomic mass is 9.86. The fraction of sp³-hybridized carbons (Fsp3) is 0.0667. The van der Waals surface area contributed by atoms with Crippen LogP contribution in [0, 0.1) is 5.92 Å². The first-order valence-electron chi connectivity index (χ1n) is 11.2. The van der Waals surface area contributed by atoms with Crippen molar-refractivity contribution in [2.24, 2.45) is 5.92 Å². The molecule has 1 unspecified atom stereocenters. The van der Waals surface area contributed by atoms with Gasteiger partial charge in [0.1, 0.15) is 0 Å². The van der Waals surface area contributed by atoms with Crippen molar-refractivity contribution in [3.8, 4) is 22.4 Å². The summed E-state index contributed by atoms with van der Waals surface area (Å²) >= 11 is 0. The van der Waals surface area contributed by atoms with E-state index < -0.39 is 0 Å². The molecule has 3 aromatic carbocycles. The van der Waals surface area contributed by atoms with Gasteiger partial charge in [0.25, 0.3) is 0 Å². The van der Waals surface area contributed by atoms with Crippen LogP contribution in [0.4, 0.5) is 11.4 Å². The molecule has 1 atom stereocenters. The molecule has 0 bridgehead atoms. The van der Waals surface area contributed by atoms with Crippen LogP contribution < -0.4 is 5.32 Å². The van der Waals surface area contributed by atoms with E-state index in [0.29, 0.717) is 5.92 Å². The number of para-hydroxylation sites is 3. The smallest absolute Gasteiger partial charge is 0.0637 e. The standard InChI is InChI=1S/C30H22N2/c1-2-10-21-19-22(18-17-20(21)9-1)32-28-16-8-5-13-25(28)29-23-11-3-6-14-26(23)31-27-15-7-4-12-24(27)30(29)32/h1-18,21,31H,19H2. The highest BCUT2D eigenvalue weighted by atomic mass is 15.0. The number of rotatable bonds is 1. The summed E-state index contributed by atoms with van der Waals surface area (Å²) in [4.78, 5) is 0. The second-order valence-corrected chi connectivity index (χ2v) is 8.67. The highest BCUT2D eigenvalue weighted by Crippen LogP contribution is 2.50. The fourth-order valence-electron chi connectivity index (χ4n) is 5.44. The number of hydrogen-bond donors (Lipinski definition) is 1. The molecule has 0 saturated heterocycles. The average molecular weight is 411 g/mol. The van der Waals surface area contributed by atoms with Gasteiger partial charge in [0.2, 0.25) is 0 Å². The summed E-state index contributed by atoms with van der Waals surface area (Å²) in [6.07, 6.45) is 14.5. The lowest BCUT2D eigenvalue weighted by molar-refractivity contribution is 0.767. The van der Waals surface area contributed by atoms with Crippen LogP contribution in [0.3, 0.4) is 0 Å². The zero-order chi connectivity index (χ0) is 21.1. The first-order valence-corrected chi connectivity index (χ1v) is 11.2. The van der Waals surface area contributed by atoms with Crippen LogP contribution in [-0.4, -0.2) is 4.57 Å². The predicted octanol–water partition coefficient (Wildman–Crippen LogP) is 7.95. The highest BCUT2D eigenvalue weighted by Gasteiger charge is 2.28. The van der Waals surface area contributed by atoms with Crippen molar-refractivity contribution in [1.82, 2.24) is 4.57 Å². The molecule has 4 aromatic rings. The number of anilines is 2. The molecule has 0 spiro atoms. The van der Waals surface area contributed by atoms with Crippen molar-refractivity contribution in [3.63, 3.8) is 0 Å². The summed E-state index contributed by atoms with van der Waals surface area (Å²) in [5, 5.41) is 5.01. The van der Waals surface area contributed by atoms with E-state index in [1.807, 2.05) is 0 Å². The number of allylic oxidation sites excluding steroid dienone is 8. The van der Waals surface area contributed by atoms with Crippen molar-refractivity contribution in [2.45, 2.75) is 6.42 Å². The summed E-state index contributed by atoms with van der Waals surface area (Å²) in [6, 6.07) is 26.2. The number of aromatic nitrogens is 1. The Hall–Kier alpha value is -4.04. The zero-order valence-corrected chi connectivity index (χ0v) is 17.6. The quantitative estimate of drug-likeness (QED) is 0.297. The molecule has 0 radical (unpaired) electrons. The van der Waals surface area contributed by atoms with Crippen molar-refractivity contribution >= 4 is 28.0 Å². The summed E-state index contributed by atoms with van der Waals surface area (Å²) in [7, 11) is 0. The molecule has 2 aliphatic carbocycles. The molecule has 1 aromatic heterocycles. The van der Waals surface area contributed by atoms with E-state index in [4.69, 9.17) is 0 Å². The van der Waals surface area contributed by atoms with Gasteiger partial charge in [-0.25, -0.2) is 0 Å². The van der Waals surface area contributed by atoms with Gasteiger partial charge in [-0.1, -0.05) is 85.0 Å². The van der Waals surface area contributed by atoms with Gasteiger partial charge in [-0.15, -0.1) is 0 Å².